The fourth-order valence-corrected chi connectivity index (χ4v) is 13.2. The van der Waals surface area contributed by atoms with Crippen molar-refractivity contribution in [1.82, 2.24) is 19.9 Å². The van der Waals surface area contributed by atoms with Gasteiger partial charge in [-0.15, -0.1) is 0 Å². The number of benzene rings is 2. The molecule has 7 rings (SSSR count). The van der Waals surface area contributed by atoms with E-state index in [4.69, 9.17) is 48.9 Å². The zero-order chi connectivity index (χ0) is 67.1. The predicted molar refractivity (Wildman–Crippen MR) is 336 cm³/mol. The van der Waals surface area contributed by atoms with Gasteiger partial charge in [-0.2, -0.15) is 8.62 Å². The first-order valence-corrected chi connectivity index (χ1v) is 34.2. The number of azide groups is 2. The highest BCUT2D eigenvalue weighted by Gasteiger charge is 2.44. The molecule has 4 aromatic heterocycles. The number of phosphoric ester groups is 1. The van der Waals surface area contributed by atoms with Gasteiger partial charge in [0.15, 0.2) is 23.9 Å². The van der Waals surface area contributed by atoms with Gasteiger partial charge in [0.05, 0.1) is 35.8 Å². The third-order valence-corrected chi connectivity index (χ3v) is 18.5. The number of nitrogens with two attached hydrogens (primary N) is 1. The van der Waals surface area contributed by atoms with Crippen molar-refractivity contribution in [1.29, 1.82) is 0 Å². The highest BCUT2D eigenvalue weighted by molar-refractivity contribution is 7.66. The van der Waals surface area contributed by atoms with Crippen LogP contribution < -0.4 is 30.9 Å². The van der Waals surface area contributed by atoms with Crippen LogP contribution in [0.25, 0.3) is 54.0 Å². The van der Waals surface area contributed by atoms with Crippen molar-refractivity contribution in [3.63, 3.8) is 0 Å². The van der Waals surface area contributed by atoms with Crippen LogP contribution >= 0.6 is 23.5 Å². The third kappa shape index (κ3) is 22.4. The summed E-state index contributed by atoms with van der Waals surface area (Å²) >= 11 is 0. The van der Waals surface area contributed by atoms with Crippen molar-refractivity contribution in [2.75, 3.05) is 56.8 Å². The Morgan fingerprint density at radius 3 is 2.39 bits per heavy atom. The molecule has 0 aliphatic carbocycles. The van der Waals surface area contributed by atoms with Gasteiger partial charge in [-0.3, -0.25) is 18.9 Å². The van der Waals surface area contributed by atoms with E-state index in [0.717, 1.165) is 93.2 Å². The molecule has 32 nitrogen and oxygen atoms in total. The van der Waals surface area contributed by atoms with Crippen LogP contribution in [0, 0.1) is 18.8 Å². The first kappa shape index (κ1) is 72.5. The number of phosphoric acid groups is 3. The van der Waals surface area contributed by atoms with Crippen molar-refractivity contribution in [2.24, 2.45) is 10.2 Å². The summed E-state index contributed by atoms with van der Waals surface area (Å²) in [7, 11) is -17.0. The number of fused-ring (bicyclic) bond motifs is 2. The molecule has 1 saturated heterocycles. The van der Waals surface area contributed by atoms with E-state index < -0.39 is 74.0 Å². The number of carbonyl (C=O) groups is 3. The third-order valence-electron chi connectivity index (χ3n) is 14.7. The first-order chi connectivity index (χ1) is 44.5. The van der Waals surface area contributed by atoms with Crippen molar-refractivity contribution in [2.45, 2.75) is 129 Å². The summed E-state index contributed by atoms with van der Waals surface area (Å²) in [6.07, 6.45) is 8.10. The van der Waals surface area contributed by atoms with Gasteiger partial charge in [0.1, 0.15) is 73.7 Å². The number of ketones is 2. The molecule has 1 amide bonds. The number of Topliss-reactive ketones (excluding diaryl/α,β-unsaturated/α-hetero) is 2. The predicted octanol–water partition coefficient (Wildman–Crippen LogP) is 9.46. The molecule has 2 aromatic carbocycles. The molecule has 0 spiro atoms. The average Bonchev–Trinajstić information content (AvgIpc) is 1.68. The van der Waals surface area contributed by atoms with Crippen LogP contribution in [-0.4, -0.2) is 116 Å². The normalized spacial score (nSPS) is 16.3. The Bertz CT molecular complexity index is 3990. The van der Waals surface area contributed by atoms with Gasteiger partial charge in [-0.1, -0.05) is 53.5 Å². The lowest BCUT2D eigenvalue weighted by Gasteiger charge is -2.21. The second-order valence-electron chi connectivity index (χ2n) is 21.2. The van der Waals surface area contributed by atoms with E-state index in [1.165, 1.54) is 10.8 Å². The van der Waals surface area contributed by atoms with Gasteiger partial charge in [-0.25, -0.2) is 33.0 Å². The minimum atomic E-state index is -5.82. The number of aryl methyl sites for hydroxylation is 2. The second-order valence-corrected chi connectivity index (χ2v) is 25.7. The second kappa shape index (κ2) is 34.8. The number of nitrogens with zero attached hydrogens (tertiary/aromatic N) is 11. The number of amides is 1. The van der Waals surface area contributed by atoms with Crippen LogP contribution in [0.1, 0.15) is 119 Å². The number of anilines is 2. The van der Waals surface area contributed by atoms with Gasteiger partial charge in [0.25, 0.3) is 0 Å². The van der Waals surface area contributed by atoms with Gasteiger partial charge in [0, 0.05) is 109 Å². The maximum Gasteiger partial charge on any atom is 0.490 e. The SMILES string of the molecule is CCN(CC)c1ccc2cc(-c3cc[n+](CCCCCC(=O)CCCCCCCC(=O)c4cccc(OCC(N=[N+]=[N-])OCC(=O)NCC#Cc5cn([C@H]6C[C@@H](OCN=[N+]=[N-])[C@@H](COP(=O)(O)OP(=O)(O)OP(=O)(O)O)O6)c6ncnc(N)c56)c4)c(C)c3)c(=O)oc2c1. The smallest absolute Gasteiger partial charge is 0.490 e. The summed E-state index contributed by atoms with van der Waals surface area (Å²) in [5.41, 5.74) is 28.6. The monoisotopic (exact) mass is 1350 g/mol. The maximum atomic E-state index is 13.1. The van der Waals surface area contributed by atoms with Crippen LogP contribution in [0.3, 0.4) is 0 Å². The Morgan fingerprint density at radius 2 is 1.67 bits per heavy atom. The van der Waals surface area contributed by atoms with E-state index in [1.54, 1.807) is 24.3 Å². The molecule has 6 aromatic rings. The zero-order valence-corrected chi connectivity index (χ0v) is 53.9. The maximum absolute atomic E-state index is 13.1. The number of nitrogens with one attached hydrogen (secondary N) is 1. The van der Waals surface area contributed by atoms with E-state index >= 15 is 0 Å². The number of hydrogen-bond acceptors (Lipinski definition) is 21. The van der Waals surface area contributed by atoms with E-state index in [2.05, 4.69) is 85.2 Å². The Balaban J connectivity index is 0.775. The Morgan fingerprint density at radius 1 is 0.925 bits per heavy atom. The van der Waals surface area contributed by atoms with Crippen LogP contribution in [0.5, 0.6) is 5.75 Å². The van der Waals surface area contributed by atoms with Crippen molar-refractivity contribution >= 4 is 74.4 Å². The molecule has 1 fully saturated rings. The van der Waals surface area contributed by atoms with Crippen LogP contribution in [0.2, 0.25) is 0 Å². The number of rotatable bonds is 38. The van der Waals surface area contributed by atoms with Crippen molar-refractivity contribution in [3.8, 4) is 28.7 Å². The molecule has 498 valence electrons. The molecular formula is C58H73N13O19P3+. The van der Waals surface area contributed by atoms with Gasteiger partial charge in [-0.05, 0) is 80.9 Å². The zero-order valence-electron chi connectivity index (χ0n) is 51.2. The number of pyridine rings is 1. The van der Waals surface area contributed by atoms with E-state index in [-0.39, 0.29) is 59.2 Å². The summed E-state index contributed by atoms with van der Waals surface area (Å²) in [4.78, 5) is 105. The van der Waals surface area contributed by atoms with Crippen molar-refractivity contribution in [3.05, 3.63) is 128 Å². The lowest BCUT2D eigenvalue weighted by Crippen LogP contribution is -2.36. The molecule has 1 aliphatic heterocycles. The molecule has 3 unspecified atom stereocenters. The largest absolute Gasteiger partial charge is 0.491 e. The Kier molecular flexibility index (Phi) is 27.2. The quantitative estimate of drug-likeness (QED) is 0.00242. The molecule has 0 radical (unpaired) electrons. The molecule has 6 atom stereocenters. The molecule has 0 bridgehead atoms. The van der Waals surface area contributed by atoms with Gasteiger partial charge >= 0.3 is 29.1 Å². The van der Waals surface area contributed by atoms with E-state index in [0.29, 0.717) is 48.1 Å². The number of nitrogen functional groups attached to an aromatic ring is 1. The number of hydrogen-bond donors (Lipinski definition) is 6. The Labute approximate surface area is 533 Å². The molecule has 5 heterocycles. The first-order valence-electron chi connectivity index (χ1n) is 29.7. The minimum Gasteiger partial charge on any atom is -0.491 e. The number of carbonyl (C=O) groups excluding carboxylic acids is 3. The molecule has 0 saturated carbocycles. The summed E-state index contributed by atoms with van der Waals surface area (Å²) < 4.78 is 79.9. The molecule has 35 heteroatoms. The summed E-state index contributed by atoms with van der Waals surface area (Å²) in [5.74, 6) is 5.50. The number of ether oxygens (including phenoxy) is 4. The van der Waals surface area contributed by atoms with Gasteiger partial charge in [0.2, 0.25) is 5.91 Å². The topological polar surface area (TPSA) is 452 Å². The summed E-state index contributed by atoms with van der Waals surface area (Å²) in [6, 6.07) is 18.3. The highest BCUT2D eigenvalue weighted by atomic mass is 31.3. The van der Waals surface area contributed by atoms with Gasteiger partial charge < -0.3 is 63.5 Å². The molecule has 93 heavy (non-hydrogen) atoms. The van der Waals surface area contributed by atoms with Crippen LogP contribution in [0.15, 0.2) is 98.8 Å². The fourth-order valence-electron chi connectivity index (χ4n) is 10.2. The summed E-state index contributed by atoms with van der Waals surface area (Å²) in [6.45, 7) is 6.22. The lowest BCUT2D eigenvalue weighted by molar-refractivity contribution is -0.703. The van der Waals surface area contributed by atoms with E-state index in [9.17, 15) is 48.2 Å². The van der Waals surface area contributed by atoms with E-state index in [1.807, 2.05) is 43.5 Å². The standard InChI is InChI=1S/C58H72N13O19P3/c1-4-69(5-2)44-23-22-42-30-47(58(75)88-49(42)31-44)40-24-27-70(39(3)28-40)26-13-9-11-19-45(72)18-10-7-6-8-12-21-48(73)41-16-14-20-46(29-41)83-36-53(66-68-61)84-35-52(74)62-25-15-17-43-33-71(57-55(43)56(59)63-37-64-57)54-32-50(85-38-65-67-60)51(87-54)34-86-92(79,80)90-93(81,82)89-91(76,77)78/h14,16,20,22-24,27-31,33,37,50-51,53-54H,4-13,18-19,21,25-26,32,34-36,38H2,1-3H3,(H6-,59,62,63,64,74,76,77,78,79,80,81,82)/p+1/t50-,51-,53?,54-/m1/s1. The molecule has 7 N–H and O–H groups in total. The van der Waals surface area contributed by atoms with Crippen LogP contribution in [-0.2, 0) is 57.2 Å². The summed E-state index contributed by atoms with van der Waals surface area (Å²) in [5, 5.41) is 10.6. The minimum absolute atomic E-state index is 0.00101. The fraction of sp³-hybridized carbons (Fsp3) is 0.466. The number of unbranched alkanes of at least 4 members (excludes halogenated alkanes) is 6. The highest BCUT2D eigenvalue weighted by Crippen LogP contribution is 2.66. The van der Waals surface area contributed by atoms with Crippen LogP contribution in [0.4, 0.5) is 11.5 Å². The molecular weight excluding hydrogens is 1280 g/mol. The average molecular weight is 1350 g/mol. The lowest BCUT2D eigenvalue weighted by atomic mass is 10.0. The Hall–Kier alpha value is -7.90. The van der Waals surface area contributed by atoms with Crippen molar-refractivity contribution < 1.29 is 88.7 Å². The number of aromatic nitrogens is 4. The molecule has 1 aliphatic rings.